The fraction of sp³-hybridized carbons (Fsp3) is 0.316. The predicted molar refractivity (Wildman–Crippen MR) is 102 cm³/mol. The zero-order valence-corrected chi connectivity index (χ0v) is 15.9. The molecule has 0 spiro atoms. The van der Waals surface area contributed by atoms with E-state index in [0.717, 1.165) is 0 Å². The van der Waals surface area contributed by atoms with Gasteiger partial charge in [0.05, 0.1) is 4.90 Å². The second kappa shape index (κ2) is 8.71. The van der Waals surface area contributed by atoms with Crippen molar-refractivity contribution in [2.75, 3.05) is 11.3 Å². The molecule has 2 aromatic carbocycles. The summed E-state index contributed by atoms with van der Waals surface area (Å²) in [6.45, 7) is 6.25. The molecule has 140 valence electrons. The Bertz CT molecular complexity index is 818. The molecular weight excluding hydrogens is 352 g/mol. The summed E-state index contributed by atoms with van der Waals surface area (Å²) in [5.41, 5.74) is 0.489. The molecule has 0 aliphatic rings. The Morgan fingerprint density at radius 2 is 1.62 bits per heavy atom. The van der Waals surface area contributed by atoms with Gasteiger partial charge in [-0.3, -0.25) is 9.52 Å². The second-order valence-corrected chi connectivity index (χ2v) is 8.02. The molecule has 0 fully saturated rings. The van der Waals surface area contributed by atoms with Gasteiger partial charge in [-0.15, -0.1) is 0 Å². The van der Waals surface area contributed by atoms with Crippen molar-refractivity contribution < 1.29 is 17.9 Å². The van der Waals surface area contributed by atoms with Crippen molar-refractivity contribution in [1.82, 2.24) is 5.32 Å². The van der Waals surface area contributed by atoms with Gasteiger partial charge < -0.3 is 10.1 Å². The molecule has 2 rings (SSSR count). The van der Waals surface area contributed by atoms with Gasteiger partial charge in [-0.05, 0) is 49.2 Å². The molecule has 1 atom stereocenters. The highest BCUT2D eigenvalue weighted by atomic mass is 32.2. The summed E-state index contributed by atoms with van der Waals surface area (Å²) in [4.78, 5) is 12.1. The lowest BCUT2D eigenvalue weighted by Gasteiger charge is -2.16. The Labute approximate surface area is 154 Å². The lowest BCUT2D eigenvalue weighted by molar-refractivity contribution is -0.127. The van der Waals surface area contributed by atoms with Crippen LogP contribution in [0.2, 0.25) is 0 Å². The number of ether oxygens (including phenoxy) is 1. The minimum atomic E-state index is -3.68. The molecular formula is C19H24N2O4S. The lowest BCUT2D eigenvalue weighted by Crippen LogP contribution is -2.38. The van der Waals surface area contributed by atoms with E-state index in [4.69, 9.17) is 4.74 Å². The van der Waals surface area contributed by atoms with Crippen LogP contribution in [0.25, 0.3) is 0 Å². The van der Waals surface area contributed by atoms with Crippen LogP contribution >= 0.6 is 0 Å². The average molecular weight is 376 g/mol. The van der Waals surface area contributed by atoms with E-state index < -0.39 is 16.1 Å². The Balaban J connectivity index is 2.00. The van der Waals surface area contributed by atoms with Crippen molar-refractivity contribution in [2.24, 2.45) is 5.92 Å². The molecule has 0 saturated carbocycles. The molecule has 0 heterocycles. The van der Waals surface area contributed by atoms with Crippen LogP contribution < -0.4 is 14.8 Å². The Hall–Kier alpha value is -2.54. The van der Waals surface area contributed by atoms with Gasteiger partial charge in [-0.1, -0.05) is 32.0 Å². The standard InChI is InChI=1S/C19H24N2O4S/c1-14(2)13-20-19(22)15(3)25-17-9-11-18(12-10-17)26(23,24)21-16-7-5-4-6-8-16/h4-12,14-15,21H,13H2,1-3H3,(H,20,22)/t15-/m1/s1. The third-order valence-corrected chi connectivity index (χ3v) is 4.92. The first-order valence-corrected chi connectivity index (χ1v) is 9.88. The monoisotopic (exact) mass is 376 g/mol. The Morgan fingerprint density at radius 3 is 2.19 bits per heavy atom. The topological polar surface area (TPSA) is 84.5 Å². The number of amides is 1. The van der Waals surface area contributed by atoms with Gasteiger partial charge in [0, 0.05) is 12.2 Å². The molecule has 0 unspecified atom stereocenters. The van der Waals surface area contributed by atoms with Gasteiger partial charge in [-0.2, -0.15) is 0 Å². The van der Waals surface area contributed by atoms with Crippen molar-refractivity contribution in [3.8, 4) is 5.75 Å². The van der Waals surface area contributed by atoms with E-state index in [1.165, 1.54) is 24.3 Å². The van der Waals surface area contributed by atoms with Crippen LogP contribution in [0.5, 0.6) is 5.75 Å². The van der Waals surface area contributed by atoms with E-state index in [9.17, 15) is 13.2 Å². The summed E-state index contributed by atoms with van der Waals surface area (Å²) < 4.78 is 32.8. The van der Waals surface area contributed by atoms with E-state index in [-0.39, 0.29) is 10.8 Å². The van der Waals surface area contributed by atoms with Crippen molar-refractivity contribution in [1.29, 1.82) is 0 Å². The molecule has 0 aliphatic carbocycles. The average Bonchev–Trinajstić information content (AvgIpc) is 2.60. The number of hydrogen-bond donors (Lipinski definition) is 2. The molecule has 0 aromatic heterocycles. The van der Waals surface area contributed by atoms with Crippen molar-refractivity contribution in [2.45, 2.75) is 31.8 Å². The maximum atomic E-state index is 12.4. The molecule has 0 bridgehead atoms. The zero-order chi connectivity index (χ0) is 19.2. The van der Waals surface area contributed by atoms with E-state index >= 15 is 0 Å². The number of sulfonamides is 1. The molecule has 0 aliphatic heterocycles. The minimum Gasteiger partial charge on any atom is -0.481 e. The van der Waals surface area contributed by atoms with Gasteiger partial charge in [0.15, 0.2) is 6.10 Å². The van der Waals surface area contributed by atoms with Gasteiger partial charge in [-0.25, -0.2) is 8.42 Å². The lowest BCUT2D eigenvalue weighted by atomic mass is 10.2. The van der Waals surface area contributed by atoms with Gasteiger partial charge >= 0.3 is 0 Å². The van der Waals surface area contributed by atoms with Crippen LogP contribution in [0, 0.1) is 5.92 Å². The highest BCUT2D eigenvalue weighted by molar-refractivity contribution is 7.92. The molecule has 0 saturated heterocycles. The highest BCUT2D eigenvalue weighted by Crippen LogP contribution is 2.20. The third-order valence-electron chi connectivity index (χ3n) is 3.53. The summed E-state index contributed by atoms with van der Waals surface area (Å²) in [6.07, 6.45) is -0.668. The van der Waals surface area contributed by atoms with Crippen molar-refractivity contribution in [3.63, 3.8) is 0 Å². The first-order chi connectivity index (χ1) is 12.3. The number of nitrogens with one attached hydrogen (secondary N) is 2. The molecule has 0 radical (unpaired) electrons. The number of carbonyl (C=O) groups excluding carboxylic acids is 1. The molecule has 26 heavy (non-hydrogen) atoms. The number of carbonyl (C=O) groups is 1. The second-order valence-electron chi connectivity index (χ2n) is 6.34. The fourth-order valence-corrected chi connectivity index (χ4v) is 3.18. The van der Waals surface area contributed by atoms with E-state index in [1.54, 1.807) is 31.2 Å². The summed E-state index contributed by atoms with van der Waals surface area (Å²) in [7, 11) is -3.68. The van der Waals surface area contributed by atoms with Crippen molar-refractivity contribution >= 4 is 21.6 Å². The molecule has 2 N–H and O–H groups in total. The number of anilines is 1. The predicted octanol–water partition coefficient (Wildman–Crippen LogP) is 3.03. The summed E-state index contributed by atoms with van der Waals surface area (Å²) in [5.74, 6) is 0.574. The number of hydrogen-bond acceptors (Lipinski definition) is 4. The molecule has 7 heteroatoms. The van der Waals surface area contributed by atoms with E-state index in [0.29, 0.717) is 23.9 Å². The van der Waals surface area contributed by atoms with Gasteiger partial charge in [0.2, 0.25) is 0 Å². The maximum absolute atomic E-state index is 12.4. The van der Waals surface area contributed by atoms with Crippen LogP contribution in [0.15, 0.2) is 59.5 Å². The van der Waals surface area contributed by atoms with Crippen LogP contribution in [-0.2, 0) is 14.8 Å². The first-order valence-electron chi connectivity index (χ1n) is 8.40. The highest BCUT2D eigenvalue weighted by Gasteiger charge is 2.17. The zero-order valence-electron chi connectivity index (χ0n) is 15.1. The van der Waals surface area contributed by atoms with E-state index in [1.807, 2.05) is 19.9 Å². The normalized spacial score (nSPS) is 12.5. The van der Waals surface area contributed by atoms with Crippen LogP contribution in [-0.4, -0.2) is 27.0 Å². The fourth-order valence-electron chi connectivity index (χ4n) is 2.12. The van der Waals surface area contributed by atoms with Crippen LogP contribution in [0.3, 0.4) is 0 Å². The van der Waals surface area contributed by atoms with Gasteiger partial charge in [0.1, 0.15) is 5.75 Å². The quantitative estimate of drug-likeness (QED) is 0.742. The number of benzene rings is 2. The van der Waals surface area contributed by atoms with Crippen molar-refractivity contribution in [3.05, 3.63) is 54.6 Å². The van der Waals surface area contributed by atoms with Gasteiger partial charge in [0.25, 0.3) is 15.9 Å². The third kappa shape index (κ3) is 5.77. The number of para-hydroxylation sites is 1. The van der Waals surface area contributed by atoms with E-state index in [2.05, 4.69) is 10.0 Å². The first kappa shape index (κ1) is 19.8. The molecule has 6 nitrogen and oxygen atoms in total. The number of rotatable bonds is 8. The van der Waals surface area contributed by atoms with Crippen LogP contribution in [0.4, 0.5) is 5.69 Å². The Kier molecular flexibility index (Phi) is 6.63. The summed E-state index contributed by atoms with van der Waals surface area (Å²) in [5, 5.41) is 2.80. The summed E-state index contributed by atoms with van der Waals surface area (Å²) in [6, 6.07) is 14.6. The molecule has 2 aromatic rings. The maximum Gasteiger partial charge on any atom is 0.261 e. The summed E-state index contributed by atoms with van der Waals surface area (Å²) >= 11 is 0. The molecule has 1 amide bonds. The minimum absolute atomic E-state index is 0.116. The Morgan fingerprint density at radius 1 is 1.00 bits per heavy atom. The SMILES string of the molecule is CC(C)CNC(=O)[C@@H](C)Oc1ccc(S(=O)(=O)Nc2ccccc2)cc1. The smallest absolute Gasteiger partial charge is 0.261 e. The largest absolute Gasteiger partial charge is 0.481 e. The van der Waals surface area contributed by atoms with Crippen LogP contribution in [0.1, 0.15) is 20.8 Å².